The summed E-state index contributed by atoms with van der Waals surface area (Å²) in [7, 11) is 3.17. The van der Waals surface area contributed by atoms with E-state index in [1.165, 1.54) is 44.0 Å². The van der Waals surface area contributed by atoms with Crippen LogP contribution in [0.2, 0.25) is 0 Å². The molecule has 7 aromatic rings. The van der Waals surface area contributed by atoms with Gasteiger partial charge in [-0.1, -0.05) is 66.7 Å². The predicted octanol–water partition coefficient (Wildman–Crippen LogP) is 4.93. The summed E-state index contributed by atoms with van der Waals surface area (Å²) in [6.45, 7) is 0.673. The minimum atomic E-state index is -0.995. The van der Waals surface area contributed by atoms with Crippen molar-refractivity contribution in [3.05, 3.63) is 178 Å². The number of fused-ring (bicyclic) bond motifs is 3. The van der Waals surface area contributed by atoms with Gasteiger partial charge in [0.15, 0.2) is 0 Å². The van der Waals surface area contributed by atoms with Gasteiger partial charge in [0.2, 0.25) is 11.6 Å². The number of amides is 4. The van der Waals surface area contributed by atoms with E-state index in [0.717, 1.165) is 27.8 Å². The number of nitrogens with zero attached hydrogens (tertiary/aromatic N) is 9. The normalized spacial score (nSPS) is 15.4. The summed E-state index contributed by atoms with van der Waals surface area (Å²) in [4.78, 5) is 90.5. The van der Waals surface area contributed by atoms with E-state index in [1.807, 2.05) is 36.5 Å². The third-order valence-corrected chi connectivity index (χ3v) is 12.9. The predicted molar refractivity (Wildman–Crippen MR) is 275 cm³/mol. The summed E-state index contributed by atoms with van der Waals surface area (Å²) in [5.41, 5.74) is 6.71. The Bertz CT molecular complexity index is 3430. The number of ketones is 1. The number of hydrogen-bond donors (Lipinski definition) is 3. The number of aromatic nitrogens is 6. The number of carboxylic acid groups (broad SMARTS) is 1. The van der Waals surface area contributed by atoms with Gasteiger partial charge in [0.1, 0.15) is 66.9 Å². The number of Topliss-reactive ketones (excluding diaryl/α,β-unsaturated/α-hetero) is 1. The molecule has 3 N–H and O–H groups in total. The molecule has 5 aromatic carbocycles. The number of halogens is 2. The van der Waals surface area contributed by atoms with Crippen molar-refractivity contribution < 1.29 is 52.1 Å². The number of aliphatic carboxylic acids is 1. The Balaban J connectivity index is 0.000000193. The Hall–Kier alpha value is -9.47. The molecule has 0 saturated heterocycles. The molecule has 0 fully saturated rings. The molecule has 2 aromatic heterocycles. The van der Waals surface area contributed by atoms with Crippen molar-refractivity contribution in [1.29, 1.82) is 0 Å². The van der Waals surface area contributed by atoms with E-state index in [9.17, 15) is 37.5 Å². The zero-order chi connectivity index (χ0) is 54.2. The fraction of sp³-hybridized carbons (Fsp3) is 0.255. The van der Waals surface area contributed by atoms with E-state index in [0.29, 0.717) is 66.2 Å². The molecule has 394 valence electrons. The molecule has 3 aliphatic heterocycles. The van der Waals surface area contributed by atoms with Gasteiger partial charge in [-0.05, 0) is 77.1 Å². The lowest BCUT2D eigenvalue weighted by atomic mass is 9.99. The lowest BCUT2D eigenvalue weighted by Crippen LogP contribution is -2.49. The number of anilines is 2. The molecule has 20 nitrogen and oxygen atoms in total. The molecule has 0 aliphatic carbocycles. The second kappa shape index (κ2) is 23.4. The summed E-state index contributed by atoms with van der Waals surface area (Å²) in [5.74, 6) is -3.02. The number of carbonyl (C=O) groups excluding carboxylic acids is 5. The van der Waals surface area contributed by atoms with Gasteiger partial charge in [-0.25, -0.2) is 28.1 Å². The van der Waals surface area contributed by atoms with Crippen molar-refractivity contribution in [2.75, 3.05) is 37.1 Å². The van der Waals surface area contributed by atoms with Crippen LogP contribution in [-0.2, 0) is 58.1 Å². The molecule has 2 atom stereocenters. The van der Waals surface area contributed by atoms with Crippen LogP contribution in [0.3, 0.4) is 0 Å². The van der Waals surface area contributed by atoms with Gasteiger partial charge in [0.05, 0.1) is 31.0 Å². The maximum Gasteiger partial charge on any atom is 0.303 e. The number of aliphatic imine (C=N–C) groups is 1. The van der Waals surface area contributed by atoms with Crippen LogP contribution >= 0.6 is 0 Å². The fourth-order valence-electron chi connectivity index (χ4n) is 8.73. The number of aryl methyl sites for hydroxylation is 2. The number of carbonyl (C=O) groups is 6. The van der Waals surface area contributed by atoms with Crippen LogP contribution < -0.4 is 29.9 Å². The molecule has 4 amide bonds. The van der Waals surface area contributed by atoms with E-state index >= 15 is 0 Å². The van der Waals surface area contributed by atoms with Gasteiger partial charge in [-0.15, -0.1) is 10.2 Å². The topological polar surface area (TPSA) is 245 Å². The summed E-state index contributed by atoms with van der Waals surface area (Å²) in [5, 5.41) is 22.3. The molecule has 77 heavy (non-hydrogen) atoms. The van der Waals surface area contributed by atoms with Crippen molar-refractivity contribution in [1.82, 2.24) is 40.2 Å². The zero-order valence-corrected chi connectivity index (χ0v) is 41.8. The molecule has 0 bridgehead atoms. The molecule has 0 spiro atoms. The summed E-state index contributed by atoms with van der Waals surface area (Å²) in [6, 6.07) is 27.1. The third kappa shape index (κ3) is 12.7. The van der Waals surface area contributed by atoms with Crippen molar-refractivity contribution in [2.45, 2.75) is 63.8 Å². The first kappa shape index (κ1) is 52.4. The van der Waals surface area contributed by atoms with Gasteiger partial charge in [-0.3, -0.25) is 33.8 Å². The van der Waals surface area contributed by atoms with E-state index in [1.54, 1.807) is 74.8 Å². The van der Waals surface area contributed by atoms with Gasteiger partial charge >= 0.3 is 5.97 Å². The van der Waals surface area contributed by atoms with Gasteiger partial charge in [-0.2, -0.15) is 0 Å². The number of benzene rings is 5. The first-order chi connectivity index (χ1) is 37.1. The van der Waals surface area contributed by atoms with E-state index in [-0.39, 0.29) is 67.7 Å². The quantitative estimate of drug-likeness (QED) is 0.116. The van der Waals surface area contributed by atoms with Crippen molar-refractivity contribution in [3.63, 3.8) is 0 Å². The summed E-state index contributed by atoms with van der Waals surface area (Å²) >= 11 is 0. The highest BCUT2D eigenvalue weighted by Crippen LogP contribution is 2.34. The molecular formula is C55H51F2N11O9. The molecule has 22 heteroatoms. The second-order valence-corrected chi connectivity index (χ2v) is 18.4. The molecule has 5 heterocycles. The first-order valence-electron chi connectivity index (χ1n) is 24.4. The Morgan fingerprint density at radius 3 is 1.65 bits per heavy atom. The number of carboxylic acids is 1. The number of likely N-dealkylation sites (N-methyl/N-ethyl adjacent to an activating group) is 2. The van der Waals surface area contributed by atoms with Crippen LogP contribution in [0.5, 0.6) is 11.5 Å². The number of rotatable bonds is 16. The van der Waals surface area contributed by atoms with Gasteiger partial charge < -0.3 is 35.0 Å². The second-order valence-electron chi connectivity index (χ2n) is 18.4. The SMILES string of the molecule is CN1C(=O)C(NC(=O)c2ncn(Cc3ccccc3F)n2)COc2ccc(CCC(=O)Cc3ccc4c(c3)CN=C4)cc21.CN1C(=O)C(NC(=O)c2ncn(Cc3ccccc3F)n2)COc2ccc(CCC(=O)O)cc21. The van der Waals surface area contributed by atoms with Crippen LogP contribution in [0.25, 0.3) is 0 Å². The van der Waals surface area contributed by atoms with E-state index < -0.39 is 35.8 Å². The minimum Gasteiger partial charge on any atom is -0.489 e. The molecule has 3 aliphatic rings. The highest BCUT2D eigenvalue weighted by atomic mass is 19.1. The minimum absolute atomic E-state index is 0.0352. The monoisotopic (exact) mass is 1050 g/mol. The number of hydrogen-bond acceptors (Lipinski definition) is 13. The number of nitrogens with one attached hydrogen (secondary N) is 2. The van der Waals surface area contributed by atoms with Crippen LogP contribution in [0, 0.1) is 11.6 Å². The smallest absolute Gasteiger partial charge is 0.303 e. The first-order valence-corrected chi connectivity index (χ1v) is 24.4. The molecule has 2 unspecified atom stereocenters. The average Bonchev–Trinajstić information content (AvgIpc) is 4.22. The maximum atomic E-state index is 14.0. The van der Waals surface area contributed by atoms with Crippen LogP contribution in [0.15, 0.2) is 121 Å². The lowest BCUT2D eigenvalue weighted by molar-refractivity contribution is -0.137. The molecule has 0 radical (unpaired) electrons. The Morgan fingerprint density at radius 1 is 0.649 bits per heavy atom. The third-order valence-electron chi connectivity index (χ3n) is 12.9. The van der Waals surface area contributed by atoms with E-state index in [2.05, 4.69) is 35.8 Å². The number of ether oxygens (including phenoxy) is 2. The zero-order valence-electron chi connectivity index (χ0n) is 41.8. The maximum absolute atomic E-state index is 14.0. The van der Waals surface area contributed by atoms with Crippen molar-refractivity contribution >= 4 is 53.0 Å². The van der Waals surface area contributed by atoms with Crippen molar-refractivity contribution in [2.24, 2.45) is 4.99 Å². The largest absolute Gasteiger partial charge is 0.489 e. The van der Waals surface area contributed by atoms with Gasteiger partial charge in [0.25, 0.3) is 23.6 Å². The summed E-state index contributed by atoms with van der Waals surface area (Å²) < 4.78 is 42.2. The van der Waals surface area contributed by atoms with Crippen LogP contribution in [0.4, 0.5) is 20.2 Å². The fourth-order valence-corrected chi connectivity index (χ4v) is 8.73. The van der Waals surface area contributed by atoms with Crippen molar-refractivity contribution in [3.8, 4) is 11.5 Å². The van der Waals surface area contributed by atoms with E-state index in [4.69, 9.17) is 14.6 Å². The Labute approximate surface area is 439 Å². The Morgan fingerprint density at radius 2 is 1.14 bits per heavy atom. The highest BCUT2D eigenvalue weighted by Gasteiger charge is 2.33. The van der Waals surface area contributed by atoms with Crippen LogP contribution in [0.1, 0.15) is 73.0 Å². The highest BCUT2D eigenvalue weighted by molar-refractivity contribution is 6.03. The average molecular weight is 1050 g/mol. The molecule has 0 saturated carbocycles. The molecular weight excluding hydrogens is 997 g/mol. The molecule has 10 rings (SSSR count). The van der Waals surface area contributed by atoms with Gasteiger partial charge in [0, 0.05) is 50.7 Å². The van der Waals surface area contributed by atoms with Crippen LogP contribution in [-0.4, -0.2) is 116 Å². The standard InChI is InChI=1S/C32H29FN6O4.C23H22FN5O5/c1-38-28-14-20(7-10-25(40)13-21-6-9-22-15-34-16-24(22)12-21)8-11-29(28)43-18-27(32(38)42)36-31(41)30-35-19-39(37-30)17-23-4-2-3-5-26(23)33;1-28-18-10-14(7-9-20(30)31)6-8-19(18)34-12-17(23(28)33)26-22(32)21-25-13-29(27-21)11-15-4-2-3-5-16(15)24/h2-6,8-9,11-12,14-15,19,27H,7,10,13,16-18H2,1H3,(H,36,41);2-6,8,10,13,17H,7,9,11-12H2,1H3,(H,26,32)(H,30,31). The Kier molecular flexibility index (Phi) is 15.9. The lowest BCUT2D eigenvalue weighted by Gasteiger charge is -2.20. The summed E-state index contributed by atoms with van der Waals surface area (Å²) in [6.07, 6.45) is 6.01.